The Bertz CT molecular complexity index is 989. The second-order valence-electron chi connectivity index (χ2n) is 6.11. The minimum Gasteiger partial charge on any atom is -0.481 e. The molecule has 0 saturated carbocycles. The first-order valence-electron chi connectivity index (χ1n) is 8.39. The van der Waals surface area contributed by atoms with Gasteiger partial charge in [-0.15, -0.1) is 0 Å². The number of benzene rings is 2. The zero-order valence-electron chi connectivity index (χ0n) is 14.6. The summed E-state index contributed by atoms with van der Waals surface area (Å²) in [7, 11) is 0. The third kappa shape index (κ3) is 4.79. The highest BCUT2D eigenvalue weighted by Crippen LogP contribution is 2.23. The quantitative estimate of drug-likeness (QED) is 0.648. The predicted molar refractivity (Wildman–Crippen MR) is 95.1 cm³/mol. The van der Waals surface area contributed by atoms with Crippen LogP contribution in [0.5, 0.6) is 0 Å². The topological polar surface area (TPSA) is 92.4 Å². The first-order valence-corrected chi connectivity index (χ1v) is 8.39. The fourth-order valence-electron chi connectivity index (χ4n) is 2.74. The number of carboxylic acid groups (broad SMARTS) is 1. The van der Waals surface area contributed by atoms with Gasteiger partial charge in [0.25, 0.3) is 0 Å². The van der Waals surface area contributed by atoms with Gasteiger partial charge >= 0.3 is 5.97 Å². The largest absolute Gasteiger partial charge is 0.481 e. The van der Waals surface area contributed by atoms with Crippen LogP contribution in [0.15, 0.2) is 59.1 Å². The molecule has 3 aromatic rings. The summed E-state index contributed by atoms with van der Waals surface area (Å²) in [5.74, 6) is -3.04. The summed E-state index contributed by atoms with van der Waals surface area (Å²) in [4.78, 5) is 23.4. The van der Waals surface area contributed by atoms with Crippen molar-refractivity contribution in [3.63, 3.8) is 0 Å². The summed E-state index contributed by atoms with van der Waals surface area (Å²) >= 11 is 0. The summed E-state index contributed by atoms with van der Waals surface area (Å²) in [6, 6.07) is 12.4. The van der Waals surface area contributed by atoms with Crippen molar-refractivity contribution in [1.29, 1.82) is 0 Å². The van der Waals surface area contributed by atoms with Crippen molar-refractivity contribution >= 4 is 11.9 Å². The van der Waals surface area contributed by atoms with Gasteiger partial charge in [-0.05, 0) is 6.07 Å². The SMILES string of the molecule is O=C(O)CC(NC(=O)Cc1cc(-c2ccccc2)on1)c1ccc(F)cc1F. The number of carbonyl (C=O) groups is 2. The van der Waals surface area contributed by atoms with Crippen LogP contribution in [-0.4, -0.2) is 22.1 Å². The Labute approximate surface area is 158 Å². The van der Waals surface area contributed by atoms with E-state index in [0.717, 1.165) is 17.7 Å². The highest BCUT2D eigenvalue weighted by atomic mass is 19.1. The molecule has 1 unspecified atom stereocenters. The fraction of sp³-hybridized carbons (Fsp3) is 0.150. The number of rotatable bonds is 7. The average Bonchev–Trinajstić information content (AvgIpc) is 3.10. The van der Waals surface area contributed by atoms with Gasteiger partial charge in [-0.3, -0.25) is 9.59 Å². The molecule has 0 spiro atoms. The Morgan fingerprint density at radius 1 is 1.11 bits per heavy atom. The van der Waals surface area contributed by atoms with Crippen molar-refractivity contribution < 1.29 is 28.0 Å². The van der Waals surface area contributed by atoms with Gasteiger partial charge in [-0.2, -0.15) is 0 Å². The van der Waals surface area contributed by atoms with Gasteiger partial charge in [0.2, 0.25) is 5.91 Å². The summed E-state index contributed by atoms with van der Waals surface area (Å²) in [6.07, 6.45) is -0.738. The van der Waals surface area contributed by atoms with Crippen molar-refractivity contribution in [2.45, 2.75) is 18.9 Å². The normalized spacial score (nSPS) is 11.8. The van der Waals surface area contributed by atoms with Crippen LogP contribution in [0.3, 0.4) is 0 Å². The number of nitrogens with one attached hydrogen (secondary N) is 1. The van der Waals surface area contributed by atoms with Crippen LogP contribution in [0.25, 0.3) is 11.3 Å². The highest BCUT2D eigenvalue weighted by Gasteiger charge is 2.22. The van der Waals surface area contributed by atoms with E-state index in [9.17, 15) is 18.4 Å². The third-order valence-corrected chi connectivity index (χ3v) is 4.01. The Kier molecular flexibility index (Phi) is 5.78. The van der Waals surface area contributed by atoms with Crippen LogP contribution in [0.1, 0.15) is 23.7 Å². The molecule has 1 amide bonds. The van der Waals surface area contributed by atoms with E-state index in [4.69, 9.17) is 9.63 Å². The number of aliphatic carboxylic acids is 1. The van der Waals surface area contributed by atoms with Crippen molar-refractivity contribution in [3.05, 3.63) is 77.5 Å². The number of hydrogen-bond acceptors (Lipinski definition) is 4. The first-order chi connectivity index (χ1) is 13.4. The van der Waals surface area contributed by atoms with Crippen LogP contribution in [0, 0.1) is 11.6 Å². The van der Waals surface area contributed by atoms with E-state index in [-0.39, 0.29) is 12.0 Å². The van der Waals surface area contributed by atoms with E-state index in [1.807, 2.05) is 30.3 Å². The lowest BCUT2D eigenvalue weighted by Crippen LogP contribution is -2.32. The summed E-state index contributed by atoms with van der Waals surface area (Å²) in [6.45, 7) is 0. The minimum atomic E-state index is -1.23. The lowest BCUT2D eigenvalue weighted by molar-refractivity contribution is -0.137. The number of aromatic nitrogens is 1. The average molecular weight is 386 g/mol. The molecule has 0 bridgehead atoms. The molecule has 0 aliphatic carbocycles. The zero-order valence-corrected chi connectivity index (χ0v) is 14.6. The molecule has 144 valence electrons. The van der Waals surface area contributed by atoms with Crippen LogP contribution in [0.4, 0.5) is 8.78 Å². The van der Waals surface area contributed by atoms with Crippen LogP contribution >= 0.6 is 0 Å². The van der Waals surface area contributed by atoms with E-state index in [2.05, 4.69) is 10.5 Å². The van der Waals surface area contributed by atoms with Crippen LogP contribution in [0.2, 0.25) is 0 Å². The first kappa shape index (κ1) is 19.2. The number of carboxylic acids is 1. The number of amides is 1. The third-order valence-electron chi connectivity index (χ3n) is 4.01. The molecule has 1 heterocycles. The molecule has 1 atom stereocenters. The van der Waals surface area contributed by atoms with E-state index in [0.29, 0.717) is 17.5 Å². The van der Waals surface area contributed by atoms with Crippen LogP contribution in [-0.2, 0) is 16.0 Å². The Hall–Kier alpha value is -3.55. The number of carbonyl (C=O) groups excluding carboxylic acids is 1. The second kappa shape index (κ2) is 8.43. The molecule has 0 fully saturated rings. The standard InChI is InChI=1S/C20H16F2N2O4/c21-13-6-7-15(16(22)8-13)17(11-20(26)27)23-19(25)10-14-9-18(28-24-14)12-4-2-1-3-5-12/h1-9,17H,10-11H2,(H,23,25)(H,26,27). The maximum Gasteiger partial charge on any atom is 0.305 e. The van der Waals surface area contributed by atoms with Gasteiger partial charge in [-0.25, -0.2) is 8.78 Å². The molecule has 0 radical (unpaired) electrons. The Morgan fingerprint density at radius 2 is 1.86 bits per heavy atom. The molecule has 8 heteroatoms. The van der Waals surface area contributed by atoms with Crippen molar-refractivity contribution in [1.82, 2.24) is 10.5 Å². The molecule has 2 aromatic carbocycles. The summed E-state index contributed by atoms with van der Waals surface area (Å²) in [5.41, 5.74) is 1.02. The van der Waals surface area contributed by atoms with Crippen molar-refractivity contribution in [2.75, 3.05) is 0 Å². The number of hydrogen-bond donors (Lipinski definition) is 2. The smallest absolute Gasteiger partial charge is 0.305 e. The van der Waals surface area contributed by atoms with E-state index in [1.54, 1.807) is 6.07 Å². The van der Waals surface area contributed by atoms with E-state index < -0.39 is 36.0 Å². The Balaban J connectivity index is 1.72. The van der Waals surface area contributed by atoms with E-state index in [1.165, 1.54) is 0 Å². The van der Waals surface area contributed by atoms with Crippen LogP contribution < -0.4 is 5.32 Å². The highest BCUT2D eigenvalue weighted by molar-refractivity contribution is 5.80. The number of nitrogens with zero attached hydrogens (tertiary/aromatic N) is 1. The van der Waals surface area contributed by atoms with Gasteiger partial charge in [0, 0.05) is 23.3 Å². The van der Waals surface area contributed by atoms with Gasteiger partial charge in [0.15, 0.2) is 5.76 Å². The summed E-state index contributed by atoms with van der Waals surface area (Å²) in [5, 5.41) is 15.3. The van der Waals surface area contributed by atoms with Gasteiger partial charge < -0.3 is 14.9 Å². The monoisotopic (exact) mass is 386 g/mol. The maximum absolute atomic E-state index is 14.0. The van der Waals surface area contributed by atoms with Crippen molar-refractivity contribution in [3.8, 4) is 11.3 Å². The lowest BCUT2D eigenvalue weighted by atomic mass is 10.0. The molecular weight excluding hydrogens is 370 g/mol. The molecule has 6 nitrogen and oxygen atoms in total. The second-order valence-corrected chi connectivity index (χ2v) is 6.11. The maximum atomic E-state index is 14.0. The molecule has 0 aliphatic rings. The molecule has 2 N–H and O–H groups in total. The predicted octanol–water partition coefficient (Wildman–Crippen LogP) is 3.49. The Morgan fingerprint density at radius 3 is 2.54 bits per heavy atom. The number of halogens is 2. The van der Waals surface area contributed by atoms with E-state index >= 15 is 0 Å². The molecule has 0 saturated heterocycles. The lowest BCUT2D eigenvalue weighted by Gasteiger charge is -2.18. The zero-order chi connectivity index (χ0) is 20.1. The fourth-order valence-corrected chi connectivity index (χ4v) is 2.74. The molecule has 28 heavy (non-hydrogen) atoms. The summed E-state index contributed by atoms with van der Waals surface area (Å²) < 4.78 is 32.3. The molecule has 3 rings (SSSR count). The van der Waals surface area contributed by atoms with Gasteiger partial charge in [0.05, 0.1) is 24.6 Å². The molecule has 0 aliphatic heterocycles. The minimum absolute atomic E-state index is 0.109. The van der Waals surface area contributed by atoms with Gasteiger partial charge in [0.1, 0.15) is 11.6 Å². The van der Waals surface area contributed by atoms with Gasteiger partial charge in [-0.1, -0.05) is 41.6 Å². The van der Waals surface area contributed by atoms with Crippen molar-refractivity contribution in [2.24, 2.45) is 0 Å². The molecular formula is C20H16F2N2O4. The molecule has 1 aromatic heterocycles.